The van der Waals surface area contributed by atoms with Gasteiger partial charge in [0, 0.05) is 11.5 Å². The van der Waals surface area contributed by atoms with E-state index in [0.717, 1.165) is 16.7 Å². The van der Waals surface area contributed by atoms with Gasteiger partial charge in [-0.05, 0) is 48.8 Å². The van der Waals surface area contributed by atoms with Crippen LogP contribution in [0.5, 0.6) is 5.75 Å². The number of ketones is 1. The number of carbonyl (C=O) groups excluding carboxylic acids is 2. The van der Waals surface area contributed by atoms with Gasteiger partial charge in [-0.2, -0.15) is 0 Å². The fourth-order valence-corrected chi connectivity index (χ4v) is 3.50. The Morgan fingerprint density at radius 1 is 1.15 bits per heavy atom. The third-order valence-electron chi connectivity index (χ3n) is 4.76. The van der Waals surface area contributed by atoms with E-state index in [1.165, 1.54) is 18.2 Å². The van der Waals surface area contributed by atoms with Crippen LogP contribution < -0.4 is 4.74 Å². The SMILES string of the molecule is CCOC(=O)[C@@H]1C(=O)C=C(c2ccccc2OC)C[C@H]1c1ccc(F)cc1. The summed E-state index contributed by atoms with van der Waals surface area (Å²) in [6.45, 7) is 1.90. The van der Waals surface area contributed by atoms with Crippen LogP contribution in [0.25, 0.3) is 5.57 Å². The summed E-state index contributed by atoms with van der Waals surface area (Å²) in [6.07, 6.45) is 1.95. The lowest BCUT2D eigenvalue weighted by atomic mass is 9.73. The molecule has 4 nitrogen and oxygen atoms in total. The Labute approximate surface area is 157 Å². The molecule has 0 aromatic heterocycles. The van der Waals surface area contributed by atoms with Gasteiger partial charge < -0.3 is 9.47 Å². The van der Waals surface area contributed by atoms with Crippen LogP contribution in [0, 0.1) is 11.7 Å². The summed E-state index contributed by atoms with van der Waals surface area (Å²) in [7, 11) is 1.57. The monoisotopic (exact) mass is 368 g/mol. The summed E-state index contributed by atoms with van der Waals surface area (Å²) in [5, 5.41) is 0. The van der Waals surface area contributed by atoms with Crippen LogP contribution in [0.3, 0.4) is 0 Å². The molecule has 27 heavy (non-hydrogen) atoms. The highest BCUT2D eigenvalue weighted by Gasteiger charge is 2.40. The average Bonchev–Trinajstić information content (AvgIpc) is 2.68. The molecule has 2 atom stereocenters. The minimum atomic E-state index is -0.936. The molecule has 0 N–H and O–H groups in total. The Balaban J connectivity index is 2.05. The first-order chi connectivity index (χ1) is 13.0. The van der Waals surface area contributed by atoms with E-state index in [1.54, 1.807) is 26.2 Å². The second-order valence-electron chi connectivity index (χ2n) is 6.36. The fourth-order valence-electron chi connectivity index (χ4n) is 3.50. The minimum absolute atomic E-state index is 0.196. The summed E-state index contributed by atoms with van der Waals surface area (Å²) < 4.78 is 23.9. The van der Waals surface area contributed by atoms with Gasteiger partial charge in [0.15, 0.2) is 5.78 Å². The Morgan fingerprint density at radius 2 is 1.85 bits per heavy atom. The summed E-state index contributed by atoms with van der Waals surface area (Å²) in [6, 6.07) is 13.3. The Bertz CT molecular complexity index is 870. The smallest absolute Gasteiger partial charge is 0.317 e. The van der Waals surface area contributed by atoms with Crippen LogP contribution in [0.1, 0.15) is 30.4 Å². The van der Waals surface area contributed by atoms with Gasteiger partial charge in [-0.3, -0.25) is 9.59 Å². The number of hydrogen-bond acceptors (Lipinski definition) is 4. The number of benzene rings is 2. The Morgan fingerprint density at radius 3 is 2.52 bits per heavy atom. The largest absolute Gasteiger partial charge is 0.496 e. The van der Waals surface area contributed by atoms with E-state index in [2.05, 4.69) is 0 Å². The van der Waals surface area contributed by atoms with Crippen molar-refractivity contribution in [3.05, 3.63) is 71.6 Å². The molecule has 0 radical (unpaired) electrons. The van der Waals surface area contributed by atoms with Crippen LogP contribution in [0.4, 0.5) is 4.39 Å². The second kappa shape index (κ2) is 8.16. The number of ether oxygens (including phenoxy) is 2. The van der Waals surface area contributed by atoms with Crippen molar-refractivity contribution in [2.24, 2.45) is 5.92 Å². The van der Waals surface area contributed by atoms with E-state index in [0.29, 0.717) is 12.2 Å². The quantitative estimate of drug-likeness (QED) is 0.588. The van der Waals surface area contributed by atoms with Gasteiger partial charge in [0.2, 0.25) is 0 Å². The summed E-state index contributed by atoms with van der Waals surface area (Å²) in [5.41, 5.74) is 2.32. The Kier molecular flexibility index (Phi) is 5.69. The first-order valence-electron chi connectivity index (χ1n) is 8.85. The molecule has 140 valence electrons. The van der Waals surface area contributed by atoms with E-state index in [4.69, 9.17) is 9.47 Å². The maximum absolute atomic E-state index is 13.4. The normalized spacial score (nSPS) is 19.4. The van der Waals surface area contributed by atoms with Crippen molar-refractivity contribution in [2.45, 2.75) is 19.3 Å². The molecule has 0 amide bonds. The number of rotatable bonds is 5. The molecular weight excluding hydrogens is 347 g/mol. The summed E-state index contributed by atoms with van der Waals surface area (Å²) in [4.78, 5) is 25.3. The van der Waals surface area contributed by atoms with Crippen LogP contribution in [-0.2, 0) is 14.3 Å². The molecule has 0 aliphatic heterocycles. The van der Waals surface area contributed by atoms with Crippen LogP contribution in [0.2, 0.25) is 0 Å². The zero-order chi connectivity index (χ0) is 19.4. The minimum Gasteiger partial charge on any atom is -0.496 e. The standard InChI is InChI=1S/C22H21FO4/c1-3-27-22(25)21-18(14-8-10-16(23)11-9-14)12-15(13-19(21)24)17-6-4-5-7-20(17)26-2/h4-11,13,18,21H,3,12H2,1-2H3/t18-,21-/m0/s1. The predicted molar refractivity (Wildman–Crippen MR) is 99.9 cm³/mol. The molecule has 0 unspecified atom stereocenters. The number of carbonyl (C=O) groups is 2. The third kappa shape index (κ3) is 3.92. The van der Waals surface area contributed by atoms with Crippen LogP contribution in [-0.4, -0.2) is 25.5 Å². The maximum atomic E-state index is 13.4. The first-order valence-corrected chi connectivity index (χ1v) is 8.85. The zero-order valence-electron chi connectivity index (χ0n) is 15.3. The van der Waals surface area contributed by atoms with E-state index in [-0.39, 0.29) is 18.2 Å². The highest BCUT2D eigenvalue weighted by Crippen LogP contribution is 2.42. The fraction of sp³-hybridized carbons (Fsp3) is 0.273. The zero-order valence-corrected chi connectivity index (χ0v) is 15.3. The van der Waals surface area contributed by atoms with Crippen LogP contribution in [0.15, 0.2) is 54.6 Å². The van der Waals surface area contributed by atoms with E-state index in [9.17, 15) is 14.0 Å². The number of hydrogen-bond donors (Lipinski definition) is 0. The number of para-hydroxylation sites is 1. The van der Waals surface area contributed by atoms with Gasteiger partial charge in [0.1, 0.15) is 17.5 Å². The Hall–Kier alpha value is -2.95. The summed E-state index contributed by atoms with van der Waals surface area (Å²) in [5.74, 6) is -1.93. The number of allylic oxidation sites excluding steroid dienone is 2. The molecule has 5 heteroatoms. The number of halogens is 1. The molecule has 1 aliphatic rings. The molecule has 0 spiro atoms. The molecule has 2 aromatic carbocycles. The van der Waals surface area contributed by atoms with E-state index < -0.39 is 17.8 Å². The second-order valence-corrected chi connectivity index (χ2v) is 6.36. The van der Waals surface area contributed by atoms with Gasteiger partial charge in [-0.1, -0.05) is 30.3 Å². The number of esters is 1. The predicted octanol–water partition coefficient (Wildman–Crippen LogP) is 4.15. The van der Waals surface area contributed by atoms with E-state index in [1.807, 2.05) is 24.3 Å². The highest BCUT2D eigenvalue weighted by atomic mass is 19.1. The topological polar surface area (TPSA) is 52.6 Å². The molecule has 0 saturated carbocycles. The molecule has 0 bridgehead atoms. The van der Waals surface area contributed by atoms with Crippen molar-refractivity contribution < 1.29 is 23.5 Å². The molecule has 0 saturated heterocycles. The average molecular weight is 368 g/mol. The third-order valence-corrected chi connectivity index (χ3v) is 4.76. The van der Waals surface area contributed by atoms with Crippen molar-refractivity contribution in [3.8, 4) is 5.75 Å². The lowest BCUT2D eigenvalue weighted by Crippen LogP contribution is -2.34. The van der Waals surface area contributed by atoms with Gasteiger partial charge in [-0.25, -0.2) is 4.39 Å². The lowest BCUT2D eigenvalue weighted by molar-refractivity contribution is -0.151. The van der Waals surface area contributed by atoms with Crippen molar-refractivity contribution in [2.75, 3.05) is 13.7 Å². The number of methoxy groups -OCH3 is 1. The van der Waals surface area contributed by atoms with E-state index >= 15 is 0 Å². The van der Waals surface area contributed by atoms with Gasteiger partial charge in [0.25, 0.3) is 0 Å². The maximum Gasteiger partial charge on any atom is 0.317 e. The van der Waals surface area contributed by atoms with Gasteiger partial charge in [-0.15, -0.1) is 0 Å². The van der Waals surface area contributed by atoms with Crippen LogP contribution >= 0.6 is 0 Å². The van der Waals surface area contributed by atoms with Gasteiger partial charge >= 0.3 is 5.97 Å². The summed E-state index contributed by atoms with van der Waals surface area (Å²) >= 11 is 0. The molecule has 2 aromatic rings. The van der Waals surface area contributed by atoms with Crippen molar-refractivity contribution >= 4 is 17.3 Å². The first kappa shape index (κ1) is 18.8. The molecule has 1 aliphatic carbocycles. The van der Waals surface area contributed by atoms with Gasteiger partial charge in [0.05, 0.1) is 13.7 Å². The molecule has 0 heterocycles. The molecule has 0 fully saturated rings. The van der Waals surface area contributed by atoms with Crippen molar-refractivity contribution in [3.63, 3.8) is 0 Å². The highest BCUT2D eigenvalue weighted by molar-refractivity contribution is 6.11. The molecule has 3 rings (SSSR count). The van der Waals surface area contributed by atoms with Crippen molar-refractivity contribution in [1.29, 1.82) is 0 Å². The molecular formula is C22H21FO4. The lowest BCUT2D eigenvalue weighted by Gasteiger charge is -2.30. The van der Waals surface area contributed by atoms with Crippen molar-refractivity contribution in [1.82, 2.24) is 0 Å².